The zero-order valence-electron chi connectivity index (χ0n) is 22.6. The van der Waals surface area contributed by atoms with Gasteiger partial charge in [0.05, 0.1) is 0 Å². The van der Waals surface area contributed by atoms with Gasteiger partial charge in [-0.3, -0.25) is 0 Å². The summed E-state index contributed by atoms with van der Waals surface area (Å²) in [6, 6.07) is 25.3. The number of ether oxygens (including phenoxy) is 1. The quantitative estimate of drug-likeness (QED) is 0.245. The molecule has 0 bridgehead atoms. The van der Waals surface area contributed by atoms with Gasteiger partial charge in [0.25, 0.3) is 0 Å². The number of rotatable bonds is 7. The summed E-state index contributed by atoms with van der Waals surface area (Å²) < 4.78 is 9.23. The summed E-state index contributed by atoms with van der Waals surface area (Å²) >= 11 is -3.61. The molecule has 0 amide bonds. The van der Waals surface area contributed by atoms with Crippen LogP contribution in [0.2, 0.25) is 0 Å². The van der Waals surface area contributed by atoms with Crippen molar-refractivity contribution in [1.82, 2.24) is 0 Å². The maximum atomic E-state index is 7.54. The zero-order valence-corrected chi connectivity index (χ0v) is 25.8. The van der Waals surface area contributed by atoms with E-state index in [1.165, 1.54) is 22.5 Å². The molecule has 204 valence electrons. The summed E-state index contributed by atoms with van der Waals surface area (Å²) in [6.07, 6.45) is 0.0583. The summed E-state index contributed by atoms with van der Waals surface area (Å²) in [5.41, 5.74) is 5.91. The Morgan fingerprint density at radius 3 is 1.65 bits per heavy atom. The van der Waals surface area contributed by atoms with E-state index in [1.54, 1.807) is 0 Å². The van der Waals surface area contributed by atoms with Crippen LogP contribution in [-0.4, -0.2) is 28.2 Å². The molecule has 0 atom stereocenters. The van der Waals surface area contributed by atoms with Crippen LogP contribution < -0.4 is 14.5 Å². The third kappa shape index (κ3) is 6.19. The first-order chi connectivity index (χ1) is 17.6. The second-order valence-electron chi connectivity index (χ2n) is 10.2. The second kappa shape index (κ2) is 11.8. The summed E-state index contributed by atoms with van der Waals surface area (Å²) in [5, 5.41) is 0. The number of nitrogens with zero attached hydrogens (tertiary/aromatic N) is 2. The van der Waals surface area contributed by atoms with Crippen LogP contribution in [0.1, 0.15) is 70.1 Å². The van der Waals surface area contributed by atoms with Crippen LogP contribution in [-0.2, 0) is 11.9 Å². The van der Waals surface area contributed by atoms with Crippen LogP contribution in [0.5, 0.6) is 5.75 Å². The van der Waals surface area contributed by atoms with E-state index in [-0.39, 0.29) is 6.10 Å². The molecule has 0 spiro atoms. The van der Waals surface area contributed by atoms with Crippen molar-refractivity contribution in [2.24, 2.45) is 0 Å². The molecule has 1 fully saturated rings. The molecule has 1 aliphatic rings. The Hall–Kier alpha value is -2.00. The molecule has 3 nitrogen and oxygen atoms in total. The Morgan fingerprint density at radius 2 is 1.16 bits per heavy atom. The molecule has 37 heavy (non-hydrogen) atoms. The topological polar surface area (TPSA) is 15.7 Å². The van der Waals surface area contributed by atoms with Crippen molar-refractivity contribution in [2.45, 2.75) is 59.5 Å². The van der Waals surface area contributed by atoms with Gasteiger partial charge in [-0.15, -0.1) is 0 Å². The van der Waals surface area contributed by atoms with Gasteiger partial charge >= 0.3 is 234 Å². The SMILES string of the molecule is CC(C)Oc1ccccc1[CH]=[Ru-4]([Cl])([Cl])=[C]1N(c2ccccc2C(C)C)CCN1c1ccccc1C(C)C. The molecule has 3 aromatic rings. The number of halogens is 2. The maximum absolute atomic E-state index is 7.54. The van der Waals surface area contributed by atoms with Crippen LogP contribution in [0.3, 0.4) is 0 Å². The zero-order chi connectivity index (χ0) is 26.7. The van der Waals surface area contributed by atoms with Gasteiger partial charge in [0, 0.05) is 0 Å². The monoisotopic (exact) mass is 626 g/mol. The van der Waals surface area contributed by atoms with Crippen molar-refractivity contribution in [2.75, 3.05) is 22.9 Å². The molecule has 0 N–H and O–H groups in total. The average Bonchev–Trinajstić information content (AvgIpc) is 3.31. The molecule has 0 saturated carbocycles. The summed E-state index contributed by atoms with van der Waals surface area (Å²) in [4.78, 5) is 4.75. The standard InChI is InChI=1S/C21H26N2.C10H12O.2ClH.Ru/c1-16(2)18-9-5-7-11-20(18)22-13-14-23(15-22)21-12-8-6-10-19(21)17(3)4;1-8(2)11-10-7-5-4-6-9(10)3;;;/h5-12,16-17H,13-14H2,1-4H3;3-8H,1-2H3;2*1H;/q;;;;-2/p-2. The summed E-state index contributed by atoms with van der Waals surface area (Å²) in [7, 11) is 15.1. The number of hydrogen-bond acceptors (Lipinski definition) is 3. The predicted molar refractivity (Wildman–Crippen MR) is 160 cm³/mol. The van der Waals surface area contributed by atoms with Crippen LogP contribution in [0.15, 0.2) is 72.8 Å². The first-order valence-corrected chi connectivity index (χ1v) is 19.3. The molecule has 0 unspecified atom stereocenters. The van der Waals surface area contributed by atoms with Gasteiger partial charge in [0.2, 0.25) is 0 Å². The molecular formula is C31H38Cl2N2ORu-4. The average molecular weight is 627 g/mol. The van der Waals surface area contributed by atoms with E-state index < -0.39 is 11.9 Å². The Labute approximate surface area is 232 Å². The van der Waals surface area contributed by atoms with E-state index in [9.17, 15) is 0 Å². The van der Waals surface area contributed by atoms with E-state index in [2.05, 4.69) is 90.6 Å². The molecule has 6 heteroatoms. The van der Waals surface area contributed by atoms with Crippen molar-refractivity contribution in [3.8, 4) is 5.75 Å². The Balaban J connectivity index is 2.01. The minimum absolute atomic E-state index is 0.0583. The van der Waals surface area contributed by atoms with Gasteiger partial charge in [-0.2, -0.15) is 0 Å². The molecule has 1 saturated heterocycles. The van der Waals surface area contributed by atoms with Crippen LogP contribution in [0, 0.1) is 0 Å². The van der Waals surface area contributed by atoms with E-state index in [0.29, 0.717) is 11.8 Å². The third-order valence-corrected chi connectivity index (χ3v) is 11.9. The molecule has 3 aromatic carbocycles. The minimum atomic E-state index is -3.61. The molecular weight excluding hydrogens is 588 g/mol. The Morgan fingerprint density at radius 1 is 0.703 bits per heavy atom. The van der Waals surface area contributed by atoms with Crippen molar-refractivity contribution < 1.29 is 16.6 Å². The van der Waals surface area contributed by atoms with Crippen LogP contribution >= 0.6 is 19.4 Å². The molecule has 0 aromatic heterocycles. The van der Waals surface area contributed by atoms with Gasteiger partial charge in [-0.05, 0) is 0 Å². The van der Waals surface area contributed by atoms with Gasteiger partial charge < -0.3 is 0 Å². The number of benzene rings is 3. The Bertz CT molecular complexity index is 1300. The normalized spacial score (nSPS) is 14.7. The number of anilines is 2. The van der Waals surface area contributed by atoms with E-state index in [0.717, 1.165) is 28.8 Å². The van der Waals surface area contributed by atoms with Gasteiger partial charge in [0.15, 0.2) is 0 Å². The molecule has 4 rings (SSSR count). The molecule has 1 heterocycles. The third-order valence-electron chi connectivity index (χ3n) is 6.41. The van der Waals surface area contributed by atoms with Gasteiger partial charge in [-0.25, -0.2) is 0 Å². The van der Waals surface area contributed by atoms with E-state index in [1.807, 2.05) is 38.1 Å². The van der Waals surface area contributed by atoms with Gasteiger partial charge in [0.1, 0.15) is 0 Å². The second-order valence-corrected chi connectivity index (χ2v) is 19.5. The van der Waals surface area contributed by atoms with Crippen LogP contribution in [0.25, 0.3) is 0 Å². The van der Waals surface area contributed by atoms with Crippen LogP contribution in [0.4, 0.5) is 11.4 Å². The number of hydrogen-bond donors (Lipinski definition) is 0. The molecule has 1 aliphatic heterocycles. The summed E-state index contributed by atoms with van der Waals surface area (Å²) in [6.45, 7) is 14.7. The van der Waals surface area contributed by atoms with E-state index >= 15 is 0 Å². The number of para-hydroxylation sites is 3. The fourth-order valence-corrected chi connectivity index (χ4v) is 10.8. The van der Waals surface area contributed by atoms with Gasteiger partial charge in [-0.1, -0.05) is 0 Å². The van der Waals surface area contributed by atoms with Crippen molar-refractivity contribution in [3.05, 3.63) is 89.5 Å². The first kappa shape index (κ1) is 28.0. The fraction of sp³-hybridized carbons (Fsp3) is 0.355. The summed E-state index contributed by atoms with van der Waals surface area (Å²) in [5.74, 6) is 1.57. The van der Waals surface area contributed by atoms with Crippen molar-refractivity contribution in [1.29, 1.82) is 0 Å². The fourth-order valence-electron chi connectivity index (χ4n) is 4.77. The van der Waals surface area contributed by atoms with E-state index in [4.69, 9.17) is 24.1 Å². The van der Waals surface area contributed by atoms with Crippen molar-refractivity contribution >= 4 is 39.7 Å². The molecule has 0 aliphatic carbocycles. The first-order valence-electron chi connectivity index (χ1n) is 12.9. The van der Waals surface area contributed by atoms with Crippen molar-refractivity contribution in [3.63, 3.8) is 0 Å². The predicted octanol–water partition coefficient (Wildman–Crippen LogP) is 8.45. The molecule has 0 radical (unpaired) electrons. The Kier molecular flexibility index (Phi) is 8.94.